The fourth-order valence-corrected chi connectivity index (χ4v) is 5.01. The number of imide groups is 1. The second-order valence-electron chi connectivity index (χ2n) is 7.94. The van der Waals surface area contributed by atoms with Gasteiger partial charge in [0.15, 0.2) is 0 Å². The molecule has 2 heterocycles. The Morgan fingerprint density at radius 2 is 2.10 bits per heavy atom. The van der Waals surface area contributed by atoms with Crippen molar-refractivity contribution in [2.45, 2.75) is 38.4 Å². The highest BCUT2D eigenvalue weighted by Crippen LogP contribution is 2.36. The summed E-state index contributed by atoms with van der Waals surface area (Å²) < 4.78 is 30.9. The van der Waals surface area contributed by atoms with Gasteiger partial charge in [-0.1, -0.05) is 0 Å². The quantitative estimate of drug-likeness (QED) is 0.656. The molecule has 10 nitrogen and oxygen atoms in total. The molecule has 2 aliphatic carbocycles. The van der Waals surface area contributed by atoms with Gasteiger partial charge in [-0.3, -0.25) is 4.68 Å². The average molecular weight is 429 g/mol. The average Bonchev–Trinajstić information content (AvgIpc) is 3.24. The second-order valence-corrected chi connectivity index (χ2v) is 9.62. The Morgan fingerprint density at radius 3 is 2.77 bits per heavy atom. The fraction of sp³-hybridized carbons (Fsp3) is 0.421. The number of hydrogen-bond acceptors (Lipinski definition) is 6. The summed E-state index contributed by atoms with van der Waals surface area (Å²) in [4.78, 5) is 26.9. The highest BCUT2D eigenvalue weighted by Gasteiger charge is 2.48. The largest absolute Gasteiger partial charge is 0.500 e. The molecule has 1 saturated carbocycles. The predicted molar refractivity (Wildman–Crippen MR) is 105 cm³/mol. The van der Waals surface area contributed by atoms with Crippen LogP contribution in [0.4, 0.5) is 4.79 Å². The maximum Gasteiger partial charge on any atom is 0.500 e. The van der Waals surface area contributed by atoms with Gasteiger partial charge in [0.05, 0.1) is 24.2 Å². The summed E-state index contributed by atoms with van der Waals surface area (Å²) in [6.45, 7) is 1.87. The Balaban J connectivity index is 1.62. The van der Waals surface area contributed by atoms with Gasteiger partial charge in [-0.2, -0.15) is 24.6 Å². The van der Waals surface area contributed by atoms with Crippen LogP contribution in [0.2, 0.25) is 0 Å². The summed E-state index contributed by atoms with van der Waals surface area (Å²) >= 11 is 0. The molecule has 1 aliphatic heterocycles. The number of allylic oxidation sites excluding steroid dienone is 2. The van der Waals surface area contributed by atoms with Gasteiger partial charge < -0.3 is 0 Å². The zero-order chi connectivity index (χ0) is 21.7. The molecule has 1 fully saturated rings. The topological polar surface area (TPSA) is 128 Å². The minimum absolute atomic E-state index is 0.0160. The van der Waals surface area contributed by atoms with Gasteiger partial charge >= 0.3 is 11.9 Å². The third kappa shape index (κ3) is 3.59. The number of hydrogen-bond donors (Lipinski definition) is 1. The van der Waals surface area contributed by atoms with Gasteiger partial charge in [0.25, 0.3) is 0 Å². The van der Waals surface area contributed by atoms with Gasteiger partial charge in [-0.05, 0) is 38.0 Å². The molecule has 1 aromatic rings. The fourth-order valence-electron chi connectivity index (χ4n) is 3.48. The van der Waals surface area contributed by atoms with E-state index in [1.807, 2.05) is 13.0 Å². The van der Waals surface area contributed by atoms with E-state index in [0.29, 0.717) is 11.3 Å². The zero-order valence-electron chi connectivity index (χ0n) is 16.6. The molecule has 1 unspecified atom stereocenters. The van der Waals surface area contributed by atoms with E-state index in [4.69, 9.17) is 5.26 Å². The van der Waals surface area contributed by atoms with E-state index in [2.05, 4.69) is 9.82 Å². The van der Waals surface area contributed by atoms with Crippen LogP contribution in [0.25, 0.3) is 0 Å². The Bertz CT molecular complexity index is 1180. The van der Waals surface area contributed by atoms with Gasteiger partial charge in [-0.15, -0.1) is 0 Å². The standard InChI is InChI=1S/C19H21N6O4S/c1-19(5-6-19)22-30(28,29)14-3-4-16-15(9-14)17(26)25(18(27)23(16)2)12-13-10-21-24(11-13)8-7-20/h3-4,9-11,15,22H,5-6,8,12H2,1-2H3/q+1. The molecule has 30 heavy (non-hydrogen) atoms. The summed E-state index contributed by atoms with van der Waals surface area (Å²) in [5.41, 5.74) is 0.588. The number of fused-ring (bicyclic) bond motifs is 1. The summed E-state index contributed by atoms with van der Waals surface area (Å²) in [5.74, 6) is -1.39. The first kappa shape index (κ1) is 20.2. The van der Waals surface area contributed by atoms with Crippen LogP contribution >= 0.6 is 0 Å². The lowest BCUT2D eigenvalue weighted by Crippen LogP contribution is -2.53. The number of aromatic nitrogens is 2. The highest BCUT2D eigenvalue weighted by molar-refractivity contribution is 7.93. The van der Waals surface area contributed by atoms with Crippen LogP contribution in [0.1, 0.15) is 25.3 Å². The Kier molecular flexibility index (Phi) is 4.71. The number of carbonyl (C=O) groups is 2. The van der Waals surface area contributed by atoms with Crippen LogP contribution in [0.15, 0.2) is 35.5 Å². The molecule has 0 saturated heterocycles. The van der Waals surface area contributed by atoms with Crippen LogP contribution in [-0.4, -0.2) is 57.9 Å². The molecule has 3 aliphatic rings. The number of nitrogens with one attached hydrogen (secondary N) is 1. The Hall–Kier alpha value is -3.10. The van der Waals surface area contributed by atoms with Crippen LogP contribution in [0, 0.1) is 17.2 Å². The molecule has 0 aromatic carbocycles. The summed E-state index contributed by atoms with van der Waals surface area (Å²) in [6, 6.07) is 1.46. The monoisotopic (exact) mass is 429 g/mol. The Morgan fingerprint density at radius 1 is 1.37 bits per heavy atom. The Labute approximate surface area is 173 Å². The first-order valence-electron chi connectivity index (χ1n) is 9.42. The summed E-state index contributed by atoms with van der Waals surface area (Å²) in [6.07, 6.45) is 8.94. The predicted octanol–water partition coefficient (Wildman–Crippen LogP) is 0.494. The number of amides is 3. The number of sulfonamides is 1. The SMILES string of the molecule is C[N+]1=C2C=CC(S(=O)(=O)NC3(C)CC3)=CC2C(=O)N(Cc2cnn(CC#N)c2)C1=O. The van der Waals surface area contributed by atoms with Crippen molar-refractivity contribution in [3.8, 4) is 6.07 Å². The van der Waals surface area contributed by atoms with Crippen molar-refractivity contribution < 1.29 is 22.6 Å². The first-order valence-corrected chi connectivity index (χ1v) is 10.9. The third-order valence-corrected chi connectivity index (χ3v) is 7.11. The van der Waals surface area contributed by atoms with E-state index in [0.717, 1.165) is 17.7 Å². The number of carbonyl (C=O) groups excluding carboxylic acids is 2. The molecular weight excluding hydrogens is 408 g/mol. The molecule has 1 N–H and O–H groups in total. The number of rotatable bonds is 6. The molecule has 0 radical (unpaired) electrons. The summed E-state index contributed by atoms with van der Waals surface area (Å²) in [7, 11) is -2.22. The lowest BCUT2D eigenvalue weighted by molar-refractivity contribution is -0.406. The van der Waals surface area contributed by atoms with E-state index >= 15 is 0 Å². The van der Waals surface area contributed by atoms with Crippen molar-refractivity contribution in [3.63, 3.8) is 0 Å². The molecule has 156 valence electrons. The molecule has 1 aromatic heterocycles. The van der Waals surface area contributed by atoms with E-state index < -0.39 is 33.4 Å². The van der Waals surface area contributed by atoms with Crippen molar-refractivity contribution in [2.24, 2.45) is 5.92 Å². The van der Waals surface area contributed by atoms with Crippen LogP contribution < -0.4 is 4.72 Å². The lowest BCUT2D eigenvalue weighted by atomic mass is 9.94. The van der Waals surface area contributed by atoms with Gasteiger partial charge in [-0.25, -0.2) is 17.9 Å². The molecule has 11 heteroatoms. The van der Waals surface area contributed by atoms with Gasteiger partial charge in [0.1, 0.15) is 24.7 Å². The smallest absolute Gasteiger partial charge is 0.258 e. The zero-order valence-corrected chi connectivity index (χ0v) is 17.4. The lowest BCUT2D eigenvalue weighted by Gasteiger charge is -2.26. The van der Waals surface area contributed by atoms with Crippen molar-refractivity contribution in [3.05, 3.63) is 41.1 Å². The molecule has 0 spiro atoms. The van der Waals surface area contributed by atoms with E-state index in [9.17, 15) is 18.0 Å². The van der Waals surface area contributed by atoms with Gasteiger partial charge in [0, 0.05) is 17.3 Å². The molecule has 3 amide bonds. The van der Waals surface area contributed by atoms with Crippen molar-refractivity contribution in [1.82, 2.24) is 19.4 Å². The highest BCUT2D eigenvalue weighted by atomic mass is 32.2. The van der Waals surface area contributed by atoms with Crippen LogP contribution in [0.5, 0.6) is 0 Å². The molecule has 4 rings (SSSR count). The second kappa shape index (κ2) is 7.00. The van der Waals surface area contributed by atoms with E-state index in [1.165, 1.54) is 33.7 Å². The maximum atomic E-state index is 13.1. The number of nitriles is 1. The van der Waals surface area contributed by atoms with Crippen LogP contribution in [-0.2, 0) is 27.9 Å². The van der Waals surface area contributed by atoms with Crippen LogP contribution in [0.3, 0.4) is 0 Å². The summed E-state index contributed by atoms with van der Waals surface area (Å²) in [5, 5.41) is 12.8. The van der Waals surface area contributed by atoms with E-state index in [1.54, 1.807) is 13.2 Å². The minimum Gasteiger partial charge on any atom is -0.258 e. The third-order valence-electron chi connectivity index (χ3n) is 5.46. The maximum absolute atomic E-state index is 13.1. The first-order chi connectivity index (χ1) is 14.1. The molecule has 0 bridgehead atoms. The van der Waals surface area contributed by atoms with Crippen molar-refractivity contribution in [1.29, 1.82) is 5.26 Å². The normalized spacial score (nSPS) is 22.6. The van der Waals surface area contributed by atoms with Gasteiger partial charge in [0.2, 0.25) is 10.0 Å². The minimum atomic E-state index is -3.77. The molecule has 1 atom stereocenters. The molecular formula is C19H21N6O4S+. The van der Waals surface area contributed by atoms with Crippen molar-refractivity contribution >= 4 is 27.7 Å². The van der Waals surface area contributed by atoms with E-state index in [-0.39, 0.29) is 18.0 Å². The number of nitrogens with zero attached hydrogens (tertiary/aromatic N) is 5. The van der Waals surface area contributed by atoms with Crippen molar-refractivity contribution in [2.75, 3.05) is 7.05 Å². The number of urea groups is 1.